The molecule has 0 aromatic carbocycles. The summed E-state index contributed by atoms with van der Waals surface area (Å²) in [4.78, 5) is 4.34. The van der Waals surface area contributed by atoms with Crippen LogP contribution >= 0.6 is 0 Å². The number of hydrogen-bond donors (Lipinski definition) is 1. The van der Waals surface area contributed by atoms with E-state index in [0.29, 0.717) is 0 Å². The summed E-state index contributed by atoms with van der Waals surface area (Å²) < 4.78 is 12.7. The van der Waals surface area contributed by atoms with Crippen molar-refractivity contribution in [1.82, 2.24) is 19.9 Å². The van der Waals surface area contributed by atoms with Crippen molar-refractivity contribution in [2.45, 2.75) is 19.9 Å². The second kappa shape index (κ2) is 6.06. The quantitative estimate of drug-likeness (QED) is 0.789. The molecule has 0 aliphatic rings. The zero-order chi connectivity index (χ0) is 13.0. The lowest BCUT2D eigenvalue weighted by molar-refractivity contribution is 0.658. The van der Waals surface area contributed by atoms with Crippen molar-refractivity contribution in [3.63, 3.8) is 0 Å². The van der Waals surface area contributed by atoms with Gasteiger partial charge in [0.15, 0.2) is 5.65 Å². The van der Waals surface area contributed by atoms with E-state index in [9.17, 15) is 4.21 Å². The minimum absolute atomic E-state index is 0.696. The van der Waals surface area contributed by atoms with Crippen LogP contribution < -0.4 is 5.32 Å². The first-order valence-electron chi connectivity index (χ1n) is 5.97. The molecule has 0 spiro atoms. The van der Waals surface area contributed by atoms with Crippen LogP contribution in [0.15, 0.2) is 18.5 Å². The van der Waals surface area contributed by atoms with E-state index < -0.39 is 10.8 Å². The Morgan fingerprint density at radius 2 is 2.33 bits per heavy atom. The number of fused-ring (bicyclic) bond motifs is 1. The zero-order valence-electron chi connectivity index (χ0n) is 10.7. The van der Waals surface area contributed by atoms with Gasteiger partial charge in [0, 0.05) is 53.4 Å². The molecule has 98 valence electrons. The van der Waals surface area contributed by atoms with Crippen molar-refractivity contribution in [2.24, 2.45) is 0 Å². The van der Waals surface area contributed by atoms with Crippen molar-refractivity contribution in [3.8, 4) is 0 Å². The molecule has 2 heterocycles. The molecule has 2 aromatic rings. The van der Waals surface area contributed by atoms with E-state index in [0.717, 1.165) is 42.2 Å². The maximum atomic E-state index is 10.9. The topological polar surface area (TPSA) is 59.3 Å². The van der Waals surface area contributed by atoms with Crippen molar-refractivity contribution < 1.29 is 4.21 Å². The summed E-state index contributed by atoms with van der Waals surface area (Å²) in [5.74, 6) is 0.753. The molecule has 0 radical (unpaired) electrons. The van der Waals surface area contributed by atoms with Crippen molar-refractivity contribution in [3.05, 3.63) is 29.7 Å². The van der Waals surface area contributed by atoms with E-state index in [1.54, 1.807) is 10.8 Å². The smallest absolute Gasteiger partial charge is 0.155 e. The Morgan fingerprint density at radius 1 is 1.50 bits per heavy atom. The first-order valence-corrected chi connectivity index (χ1v) is 7.69. The molecule has 0 saturated carbocycles. The fourth-order valence-corrected chi connectivity index (χ4v) is 2.31. The number of hydrogen-bond acceptors (Lipinski definition) is 4. The van der Waals surface area contributed by atoms with E-state index in [1.165, 1.54) is 0 Å². The molecule has 0 aliphatic carbocycles. The summed E-state index contributed by atoms with van der Waals surface area (Å²) in [6.07, 6.45) is 6.51. The molecule has 0 fully saturated rings. The molecule has 18 heavy (non-hydrogen) atoms. The predicted octanol–water partition coefficient (Wildman–Crippen LogP) is 0.896. The molecule has 1 unspecified atom stereocenters. The summed E-state index contributed by atoms with van der Waals surface area (Å²) >= 11 is 0. The van der Waals surface area contributed by atoms with Gasteiger partial charge in [0.05, 0.1) is 5.69 Å². The van der Waals surface area contributed by atoms with E-state index >= 15 is 0 Å². The average Bonchev–Trinajstić information content (AvgIpc) is 2.67. The Labute approximate surface area is 109 Å². The normalized spacial score (nSPS) is 13.0. The predicted molar refractivity (Wildman–Crippen MR) is 73.0 cm³/mol. The van der Waals surface area contributed by atoms with Crippen LogP contribution in [-0.2, 0) is 17.3 Å². The minimum Gasteiger partial charge on any atom is -0.313 e. The lowest BCUT2D eigenvalue weighted by atomic mass is 10.3. The van der Waals surface area contributed by atoms with Gasteiger partial charge < -0.3 is 5.32 Å². The van der Waals surface area contributed by atoms with Gasteiger partial charge in [-0.25, -0.2) is 9.50 Å². The Balaban J connectivity index is 1.86. The molecule has 2 aromatic heterocycles. The third kappa shape index (κ3) is 3.61. The molecule has 0 bridgehead atoms. The number of aryl methyl sites for hydroxylation is 1. The zero-order valence-corrected chi connectivity index (χ0v) is 11.5. The van der Waals surface area contributed by atoms with Crippen LogP contribution in [0, 0.1) is 6.92 Å². The molecular formula is C12H18N4OS. The van der Waals surface area contributed by atoms with E-state index in [-0.39, 0.29) is 0 Å². The second-order valence-corrected chi connectivity index (χ2v) is 5.91. The second-order valence-electron chi connectivity index (χ2n) is 4.36. The number of nitrogens with zero attached hydrogens (tertiary/aromatic N) is 3. The Morgan fingerprint density at radius 3 is 3.11 bits per heavy atom. The van der Waals surface area contributed by atoms with E-state index in [1.807, 2.05) is 25.4 Å². The van der Waals surface area contributed by atoms with Crippen molar-refractivity contribution >= 4 is 16.4 Å². The molecule has 1 N–H and O–H groups in total. The SMILES string of the molecule is Cc1cc2ncc(CNCCCS(C)=O)cn2n1. The van der Waals surface area contributed by atoms with Crippen LogP contribution in [0.1, 0.15) is 17.7 Å². The molecule has 0 saturated heterocycles. The number of nitrogens with one attached hydrogen (secondary N) is 1. The first-order chi connectivity index (χ1) is 8.65. The van der Waals surface area contributed by atoms with Gasteiger partial charge in [-0.15, -0.1) is 0 Å². The minimum atomic E-state index is -0.696. The van der Waals surface area contributed by atoms with Gasteiger partial charge in [-0.3, -0.25) is 4.21 Å². The summed E-state index contributed by atoms with van der Waals surface area (Å²) in [6, 6.07) is 1.95. The van der Waals surface area contributed by atoms with Gasteiger partial charge >= 0.3 is 0 Å². The highest BCUT2D eigenvalue weighted by Crippen LogP contribution is 2.04. The standard InChI is InChI=1S/C12H18N4OS/c1-10-6-12-14-8-11(9-16(12)15-10)7-13-4-3-5-18(2)17/h6,8-9,13H,3-5,7H2,1-2H3. The van der Waals surface area contributed by atoms with Crippen molar-refractivity contribution in [1.29, 1.82) is 0 Å². The average molecular weight is 266 g/mol. The summed E-state index contributed by atoms with van der Waals surface area (Å²) in [5.41, 5.74) is 2.94. The third-order valence-corrected chi connectivity index (χ3v) is 3.47. The van der Waals surface area contributed by atoms with E-state index in [4.69, 9.17) is 0 Å². The monoisotopic (exact) mass is 266 g/mol. The van der Waals surface area contributed by atoms with Crippen LogP contribution in [0.3, 0.4) is 0 Å². The molecule has 2 rings (SSSR count). The fourth-order valence-electron chi connectivity index (χ4n) is 1.76. The van der Waals surface area contributed by atoms with Gasteiger partial charge in [0.25, 0.3) is 0 Å². The summed E-state index contributed by atoms with van der Waals surface area (Å²) in [7, 11) is -0.696. The van der Waals surface area contributed by atoms with Gasteiger partial charge in [0.2, 0.25) is 0 Å². The van der Waals surface area contributed by atoms with Gasteiger partial charge in [-0.05, 0) is 19.9 Å². The summed E-state index contributed by atoms with van der Waals surface area (Å²) in [6.45, 7) is 3.59. The van der Waals surface area contributed by atoms with Crippen LogP contribution in [0.5, 0.6) is 0 Å². The van der Waals surface area contributed by atoms with Gasteiger partial charge in [-0.2, -0.15) is 5.10 Å². The third-order valence-electron chi connectivity index (χ3n) is 2.60. The number of aromatic nitrogens is 3. The Hall–Kier alpha value is -1.27. The van der Waals surface area contributed by atoms with Crippen LogP contribution in [0.2, 0.25) is 0 Å². The van der Waals surface area contributed by atoms with Crippen molar-refractivity contribution in [2.75, 3.05) is 18.6 Å². The molecule has 1 atom stereocenters. The highest BCUT2D eigenvalue weighted by Gasteiger charge is 2.00. The summed E-state index contributed by atoms with van der Waals surface area (Å²) in [5, 5.41) is 7.64. The van der Waals surface area contributed by atoms with Crippen LogP contribution in [0.4, 0.5) is 0 Å². The first kappa shape index (κ1) is 13.2. The molecule has 0 amide bonds. The largest absolute Gasteiger partial charge is 0.313 e. The van der Waals surface area contributed by atoms with Crippen LogP contribution in [-0.4, -0.2) is 37.4 Å². The molecule has 5 nitrogen and oxygen atoms in total. The maximum Gasteiger partial charge on any atom is 0.155 e. The molecular weight excluding hydrogens is 248 g/mol. The number of rotatable bonds is 6. The van der Waals surface area contributed by atoms with Gasteiger partial charge in [0.1, 0.15) is 0 Å². The Bertz CT molecular complexity index is 552. The fraction of sp³-hybridized carbons (Fsp3) is 0.500. The highest BCUT2D eigenvalue weighted by molar-refractivity contribution is 7.84. The molecule has 0 aliphatic heterocycles. The maximum absolute atomic E-state index is 10.9. The Kier molecular flexibility index (Phi) is 4.43. The lowest BCUT2D eigenvalue weighted by Gasteiger charge is -2.04. The van der Waals surface area contributed by atoms with E-state index in [2.05, 4.69) is 15.4 Å². The van der Waals surface area contributed by atoms with Gasteiger partial charge in [-0.1, -0.05) is 0 Å². The van der Waals surface area contributed by atoms with Crippen LogP contribution in [0.25, 0.3) is 5.65 Å². The molecule has 6 heteroatoms. The highest BCUT2D eigenvalue weighted by atomic mass is 32.2. The lowest BCUT2D eigenvalue weighted by Crippen LogP contribution is -2.17.